The molecule has 0 aliphatic rings. The Balaban J connectivity index is 2.13. The third kappa shape index (κ3) is 4.16. The number of aryl methyl sites for hydroxylation is 3. The fourth-order valence-corrected chi connectivity index (χ4v) is 3.38. The highest BCUT2D eigenvalue weighted by molar-refractivity contribution is 8.00. The number of halogens is 1. The van der Waals surface area contributed by atoms with E-state index >= 15 is 0 Å². The Hall–Kier alpha value is -2.30. The molecule has 0 spiro atoms. The maximum absolute atomic E-state index is 12.2. The second kappa shape index (κ2) is 7.51. The predicted molar refractivity (Wildman–Crippen MR) is 94.6 cm³/mol. The first kappa shape index (κ1) is 18.0. The van der Waals surface area contributed by atoms with E-state index in [4.69, 9.17) is 16.9 Å². The second-order valence-electron chi connectivity index (χ2n) is 5.23. The Morgan fingerprint density at radius 3 is 2.75 bits per heavy atom. The van der Waals surface area contributed by atoms with Gasteiger partial charge in [0, 0.05) is 5.69 Å². The van der Waals surface area contributed by atoms with Crippen LogP contribution in [0.1, 0.15) is 22.4 Å². The molecule has 0 bridgehead atoms. The lowest BCUT2D eigenvalue weighted by molar-refractivity contribution is -0.113. The molecule has 1 heterocycles. The third-order valence-electron chi connectivity index (χ3n) is 3.23. The van der Waals surface area contributed by atoms with Crippen molar-refractivity contribution in [2.45, 2.75) is 25.8 Å². The zero-order chi connectivity index (χ0) is 17.9. The van der Waals surface area contributed by atoms with Crippen molar-refractivity contribution < 1.29 is 4.79 Å². The summed E-state index contributed by atoms with van der Waals surface area (Å²) >= 11 is 7.20. The molecule has 2 aromatic rings. The number of rotatable bonds is 4. The average molecular weight is 363 g/mol. The van der Waals surface area contributed by atoms with E-state index in [1.54, 1.807) is 13.0 Å². The largest absolute Gasteiger partial charge is 0.346 e. The summed E-state index contributed by atoms with van der Waals surface area (Å²) in [6, 6.07) is 5.67. The van der Waals surface area contributed by atoms with Gasteiger partial charge in [0.15, 0.2) is 0 Å². The van der Waals surface area contributed by atoms with E-state index in [0.717, 1.165) is 22.9 Å². The smallest absolute Gasteiger partial charge is 0.324 e. The fourth-order valence-electron chi connectivity index (χ4n) is 2.18. The van der Waals surface area contributed by atoms with Crippen LogP contribution in [0.2, 0.25) is 5.02 Å². The topological polar surface area (TPSA) is 98.6 Å². The summed E-state index contributed by atoms with van der Waals surface area (Å²) in [5, 5.41) is 12.6. The molecule has 2 N–H and O–H groups in total. The minimum atomic E-state index is -0.549. The van der Waals surface area contributed by atoms with E-state index in [2.05, 4.69) is 15.3 Å². The van der Waals surface area contributed by atoms with Crippen molar-refractivity contribution in [2.75, 3.05) is 11.1 Å². The highest BCUT2D eigenvalue weighted by Gasteiger charge is 2.14. The highest BCUT2D eigenvalue weighted by atomic mass is 35.5. The summed E-state index contributed by atoms with van der Waals surface area (Å²) in [5.74, 6) is -0.286. The molecule has 0 radical (unpaired) electrons. The lowest BCUT2D eigenvalue weighted by Gasteiger charge is -2.11. The van der Waals surface area contributed by atoms with Crippen LogP contribution in [0.5, 0.6) is 0 Å². The van der Waals surface area contributed by atoms with Gasteiger partial charge in [-0.1, -0.05) is 29.4 Å². The number of aromatic amines is 1. The third-order valence-corrected chi connectivity index (χ3v) is 4.51. The van der Waals surface area contributed by atoms with Crippen LogP contribution in [0.25, 0.3) is 0 Å². The number of nitrogens with one attached hydrogen (secondary N) is 2. The van der Waals surface area contributed by atoms with Gasteiger partial charge in [0.1, 0.15) is 16.7 Å². The Bertz CT molecular complexity index is 879. The quantitative estimate of drug-likeness (QED) is 0.643. The number of hydrogen-bond acceptors (Lipinski definition) is 5. The molecule has 0 aliphatic heterocycles. The number of amides is 1. The monoisotopic (exact) mass is 362 g/mol. The molecule has 0 atom stereocenters. The number of H-pyrrole nitrogens is 1. The highest BCUT2D eigenvalue weighted by Crippen LogP contribution is 2.28. The van der Waals surface area contributed by atoms with E-state index in [-0.39, 0.29) is 22.2 Å². The number of anilines is 1. The van der Waals surface area contributed by atoms with Crippen molar-refractivity contribution in [3.8, 4) is 6.07 Å². The van der Waals surface area contributed by atoms with Crippen molar-refractivity contribution in [2.24, 2.45) is 0 Å². The number of carbonyl (C=O) groups is 1. The maximum Gasteiger partial charge on any atom is 0.346 e. The van der Waals surface area contributed by atoms with Gasteiger partial charge >= 0.3 is 5.69 Å². The molecule has 0 fully saturated rings. The zero-order valence-electron chi connectivity index (χ0n) is 13.4. The molecular weight excluding hydrogens is 348 g/mol. The maximum atomic E-state index is 12.2. The number of nitrogens with zero attached hydrogens (tertiary/aromatic N) is 2. The molecule has 6 nitrogen and oxygen atoms in total. The molecule has 0 aliphatic carbocycles. The van der Waals surface area contributed by atoms with Crippen molar-refractivity contribution in [3.05, 3.63) is 50.0 Å². The van der Waals surface area contributed by atoms with E-state index in [9.17, 15) is 9.59 Å². The second-order valence-corrected chi connectivity index (χ2v) is 6.61. The number of benzene rings is 1. The average Bonchev–Trinajstić information content (AvgIpc) is 2.48. The van der Waals surface area contributed by atoms with Crippen LogP contribution in [-0.4, -0.2) is 21.6 Å². The van der Waals surface area contributed by atoms with Crippen molar-refractivity contribution >= 4 is 35.0 Å². The molecule has 24 heavy (non-hydrogen) atoms. The van der Waals surface area contributed by atoms with Crippen molar-refractivity contribution in [1.29, 1.82) is 5.26 Å². The number of aromatic nitrogens is 2. The van der Waals surface area contributed by atoms with Gasteiger partial charge in [-0.25, -0.2) is 4.79 Å². The fraction of sp³-hybridized carbons (Fsp3) is 0.250. The van der Waals surface area contributed by atoms with Gasteiger partial charge in [-0.2, -0.15) is 10.2 Å². The first-order valence-corrected chi connectivity index (χ1v) is 8.38. The molecule has 2 rings (SSSR count). The minimum Gasteiger partial charge on any atom is -0.324 e. The van der Waals surface area contributed by atoms with Gasteiger partial charge in [0.2, 0.25) is 5.91 Å². The molecular formula is C16H15ClN4O2S. The molecule has 1 aromatic heterocycles. The summed E-state index contributed by atoms with van der Waals surface area (Å²) in [6.07, 6.45) is 0. The van der Waals surface area contributed by atoms with Gasteiger partial charge in [-0.05, 0) is 38.0 Å². The zero-order valence-corrected chi connectivity index (χ0v) is 14.9. The number of thioether (sulfide) groups is 1. The number of carbonyl (C=O) groups excluding carboxylic acids is 1. The molecule has 0 saturated carbocycles. The minimum absolute atomic E-state index is 0.00815. The molecule has 1 aromatic carbocycles. The van der Waals surface area contributed by atoms with E-state index in [0.29, 0.717) is 16.4 Å². The van der Waals surface area contributed by atoms with Crippen LogP contribution in [0.4, 0.5) is 5.69 Å². The van der Waals surface area contributed by atoms with E-state index in [1.807, 2.05) is 26.0 Å². The van der Waals surface area contributed by atoms with Gasteiger partial charge in [0.25, 0.3) is 0 Å². The van der Waals surface area contributed by atoms with Crippen LogP contribution in [0.3, 0.4) is 0 Å². The summed E-state index contributed by atoms with van der Waals surface area (Å²) in [7, 11) is 0. The van der Waals surface area contributed by atoms with Crippen LogP contribution in [0, 0.1) is 32.1 Å². The van der Waals surface area contributed by atoms with Crippen molar-refractivity contribution in [3.63, 3.8) is 0 Å². The Morgan fingerprint density at radius 2 is 2.12 bits per heavy atom. The van der Waals surface area contributed by atoms with Crippen LogP contribution in [-0.2, 0) is 4.79 Å². The number of hydrogen-bond donors (Lipinski definition) is 2. The lowest BCUT2D eigenvalue weighted by Crippen LogP contribution is -2.18. The van der Waals surface area contributed by atoms with Crippen LogP contribution >= 0.6 is 23.4 Å². The predicted octanol–water partition coefficient (Wildman–Crippen LogP) is 2.95. The van der Waals surface area contributed by atoms with Crippen LogP contribution in [0.15, 0.2) is 22.0 Å². The Labute approximate surface area is 148 Å². The van der Waals surface area contributed by atoms with Crippen LogP contribution < -0.4 is 11.0 Å². The summed E-state index contributed by atoms with van der Waals surface area (Å²) < 4.78 is 0. The first-order valence-electron chi connectivity index (χ1n) is 7.02. The summed E-state index contributed by atoms with van der Waals surface area (Å²) in [5.41, 5.74) is 2.57. The number of nitriles is 1. The van der Waals surface area contributed by atoms with Gasteiger partial charge in [0.05, 0.1) is 16.5 Å². The standard InChI is InChI=1S/C16H15ClN4O2S/c1-8-4-9(2)14(12(17)5-8)20-13(22)7-24-15-11(6-18)10(3)19-16(23)21-15/h4-5H,7H2,1-3H3,(H,20,22)(H,19,21,23). The van der Waals surface area contributed by atoms with E-state index < -0.39 is 5.69 Å². The van der Waals surface area contributed by atoms with Gasteiger partial charge < -0.3 is 10.3 Å². The van der Waals surface area contributed by atoms with Crippen molar-refractivity contribution in [1.82, 2.24) is 9.97 Å². The normalized spacial score (nSPS) is 10.3. The molecule has 124 valence electrons. The first-order chi connectivity index (χ1) is 11.3. The Morgan fingerprint density at radius 1 is 1.42 bits per heavy atom. The van der Waals surface area contributed by atoms with Gasteiger partial charge in [-0.15, -0.1) is 0 Å². The SMILES string of the molecule is Cc1cc(C)c(NC(=O)CSc2nc(=O)[nH]c(C)c2C#N)c(Cl)c1. The molecule has 8 heteroatoms. The molecule has 0 unspecified atom stereocenters. The Kier molecular flexibility index (Phi) is 5.65. The summed E-state index contributed by atoms with van der Waals surface area (Å²) in [6.45, 7) is 5.39. The van der Waals surface area contributed by atoms with E-state index in [1.165, 1.54) is 0 Å². The lowest BCUT2D eigenvalue weighted by atomic mass is 10.1. The molecule has 1 amide bonds. The summed E-state index contributed by atoms with van der Waals surface area (Å²) in [4.78, 5) is 29.8. The molecule has 0 saturated heterocycles. The van der Waals surface area contributed by atoms with Gasteiger partial charge in [-0.3, -0.25) is 4.79 Å².